The second kappa shape index (κ2) is 7.40. The van der Waals surface area contributed by atoms with Crippen LogP contribution in [0.4, 0.5) is 4.39 Å². The summed E-state index contributed by atoms with van der Waals surface area (Å²) in [6.45, 7) is 3.51. The van der Waals surface area contributed by atoms with Crippen LogP contribution in [0, 0.1) is 11.7 Å². The second-order valence-corrected chi connectivity index (χ2v) is 7.55. The summed E-state index contributed by atoms with van der Waals surface area (Å²) in [6, 6.07) is 6.48. The van der Waals surface area contributed by atoms with Crippen molar-refractivity contribution in [2.45, 2.75) is 32.2 Å². The van der Waals surface area contributed by atoms with Crippen molar-refractivity contribution in [2.24, 2.45) is 11.7 Å². The molecular formula is C18H22FN3OS. The summed E-state index contributed by atoms with van der Waals surface area (Å²) in [4.78, 5) is 19.6. The third kappa shape index (κ3) is 3.99. The zero-order valence-electron chi connectivity index (χ0n) is 13.7. The third-order valence-corrected chi connectivity index (χ3v) is 5.51. The molecule has 0 aliphatic carbocycles. The zero-order chi connectivity index (χ0) is 17.1. The average Bonchev–Trinajstić information content (AvgIpc) is 3.05. The summed E-state index contributed by atoms with van der Waals surface area (Å²) < 4.78 is 13.0. The van der Waals surface area contributed by atoms with Gasteiger partial charge in [-0.1, -0.05) is 12.1 Å². The molecule has 1 aromatic carbocycles. The third-order valence-electron chi connectivity index (χ3n) is 4.52. The Morgan fingerprint density at radius 2 is 2.21 bits per heavy atom. The SMILES string of the molecule is C[C@@H](N)[C@H]1CCCN(C(=O)c2cnc(Cc3ccc(F)cc3)s2)C1. The van der Waals surface area contributed by atoms with Crippen LogP contribution in [-0.2, 0) is 6.42 Å². The molecule has 0 saturated carbocycles. The van der Waals surface area contributed by atoms with Gasteiger partial charge in [0.25, 0.3) is 5.91 Å². The number of hydrogen-bond donors (Lipinski definition) is 1. The van der Waals surface area contributed by atoms with Crippen LogP contribution >= 0.6 is 11.3 Å². The first kappa shape index (κ1) is 17.0. The topological polar surface area (TPSA) is 59.2 Å². The molecule has 2 atom stereocenters. The molecule has 1 amide bonds. The summed E-state index contributed by atoms with van der Waals surface area (Å²) >= 11 is 1.42. The first-order chi connectivity index (χ1) is 11.5. The molecule has 1 aliphatic rings. The summed E-state index contributed by atoms with van der Waals surface area (Å²) in [5.74, 6) is 0.167. The maximum absolute atomic E-state index is 13.0. The van der Waals surface area contributed by atoms with Gasteiger partial charge in [0.05, 0.1) is 11.2 Å². The first-order valence-electron chi connectivity index (χ1n) is 8.27. The van der Waals surface area contributed by atoms with E-state index in [1.807, 2.05) is 11.8 Å². The Hall–Kier alpha value is -1.79. The minimum Gasteiger partial charge on any atom is -0.338 e. The number of amides is 1. The van der Waals surface area contributed by atoms with Crippen LogP contribution < -0.4 is 5.73 Å². The van der Waals surface area contributed by atoms with Gasteiger partial charge in [-0.2, -0.15) is 0 Å². The van der Waals surface area contributed by atoms with Crippen LogP contribution in [0.3, 0.4) is 0 Å². The van der Waals surface area contributed by atoms with E-state index in [0.29, 0.717) is 17.2 Å². The Bertz CT molecular complexity index is 699. The second-order valence-electron chi connectivity index (χ2n) is 6.43. The number of likely N-dealkylation sites (tertiary alicyclic amines) is 1. The molecule has 0 unspecified atom stereocenters. The van der Waals surface area contributed by atoms with Crippen LogP contribution in [0.15, 0.2) is 30.5 Å². The number of nitrogens with zero attached hydrogens (tertiary/aromatic N) is 2. The number of hydrogen-bond acceptors (Lipinski definition) is 4. The maximum atomic E-state index is 13.0. The molecule has 0 bridgehead atoms. The smallest absolute Gasteiger partial charge is 0.265 e. The van der Waals surface area contributed by atoms with Gasteiger partial charge in [-0.15, -0.1) is 11.3 Å². The summed E-state index contributed by atoms with van der Waals surface area (Å²) in [5, 5.41) is 0.866. The summed E-state index contributed by atoms with van der Waals surface area (Å²) in [7, 11) is 0. The Kier molecular flexibility index (Phi) is 5.26. The lowest BCUT2D eigenvalue weighted by Gasteiger charge is -2.34. The number of carbonyl (C=O) groups excluding carboxylic acids is 1. The van der Waals surface area contributed by atoms with Crippen molar-refractivity contribution >= 4 is 17.2 Å². The summed E-state index contributed by atoms with van der Waals surface area (Å²) in [5.41, 5.74) is 6.98. The minimum absolute atomic E-state index is 0.0446. The van der Waals surface area contributed by atoms with Crippen molar-refractivity contribution in [3.8, 4) is 0 Å². The molecule has 1 aliphatic heterocycles. The van der Waals surface area contributed by atoms with E-state index in [1.54, 1.807) is 18.3 Å². The number of thiazole rings is 1. The molecule has 3 rings (SSSR count). The molecule has 1 saturated heterocycles. The molecule has 2 N–H and O–H groups in total. The Balaban J connectivity index is 1.66. The number of carbonyl (C=O) groups is 1. The lowest BCUT2D eigenvalue weighted by Crippen LogP contribution is -2.44. The van der Waals surface area contributed by atoms with Crippen LogP contribution in [0.5, 0.6) is 0 Å². The molecule has 128 valence electrons. The first-order valence-corrected chi connectivity index (χ1v) is 9.08. The largest absolute Gasteiger partial charge is 0.338 e. The van der Waals surface area contributed by atoms with Crippen molar-refractivity contribution in [3.63, 3.8) is 0 Å². The molecule has 2 heterocycles. The van der Waals surface area contributed by atoms with Gasteiger partial charge in [-0.25, -0.2) is 9.37 Å². The fourth-order valence-electron chi connectivity index (χ4n) is 3.05. The fourth-order valence-corrected chi connectivity index (χ4v) is 3.97. The van der Waals surface area contributed by atoms with Crippen LogP contribution in [0.1, 0.15) is 40.0 Å². The van der Waals surface area contributed by atoms with Crippen molar-refractivity contribution in [2.75, 3.05) is 13.1 Å². The molecule has 4 nitrogen and oxygen atoms in total. The van der Waals surface area contributed by atoms with Gasteiger partial charge in [0, 0.05) is 25.6 Å². The standard InChI is InChI=1S/C18H22FN3OS/c1-12(20)14-3-2-8-22(11-14)18(23)16-10-21-17(24-16)9-13-4-6-15(19)7-5-13/h4-7,10,12,14H,2-3,8-9,11,20H2,1H3/t12-,14+/m1/s1. The highest BCUT2D eigenvalue weighted by molar-refractivity contribution is 7.13. The Morgan fingerprint density at radius 1 is 1.46 bits per heavy atom. The highest BCUT2D eigenvalue weighted by atomic mass is 32.1. The number of benzene rings is 1. The van der Waals surface area contributed by atoms with Gasteiger partial charge in [0.15, 0.2) is 0 Å². The molecule has 1 fully saturated rings. The van der Waals surface area contributed by atoms with Gasteiger partial charge >= 0.3 is 0 Å². The zero-order valence-corrected chi connectivity index (χ0v) is 14.6. The van der Waals surface area contributed by atoms with Gasteiger partial charge in [-0.3, -0.25) is 4.79 Å². The lowest BCUT2D eigenvalue weighted by atomic mass is 9.92. The van der Waals surface area contributed by atoms with Gasteiger partial charge in [0.1, 0.15) is 10.7 Å². The lowest BCUT2D eigenvalue weighted by molar-refractivity contribution is 0.0665. The highest BCUT2D eigenvalue weighted by Gasteiger charge is 2.27. The Labute approximate surface area is 145 Å². The molecule has 0 spiro atoms. The predicted molar refractivity (Wildman–Crippen MR) is 93.6 cm³/mol. The van der Waals surface area contributed by atoms with Crippen molar-refractivity contribution in [3.05, 3.63) is 51.7 Å². The van der Waals surface area contributed by atoms with Crippen LogP contribution in [0.2, 0.25) is 0 Å². The van der Waals surface area contributed by atoms with Crippen molar-refractivity contribution in [1.82, 2.24) is 9.88 Å². The minimum atomic E-state index is -0.248. The Morgan fingerprint density at radius 3 is 2.92 bits per heavy atom. The van der Waals surface area contributed by atoms with Crippen molar-refractivity contribution in [1.29, 1.82) is 0 Å². The van der Waals surface area contributed by atoms with E-state index in [-0.39, 0.29) is 17.8 Å². The monoisotopic (exact) mass is 347 g/mol. The van der Waals surface area contributed by atoms with E-state index in [4.69, 9.17) is 5.73 Å². The molecular weight excluding hydrogens is 325 g/mol. The van der Waals surface area contributed by atoms with Gasteiger partial charge in [-0.05, 0) is 43.4 Å². The van der Waals surface area contributed by atoms with E-state index < -0.39 is 0 Å². The number of halogens is 1. The van der Waals surface area contributed by atoms with E-state index in [2.05, 4.69) is 4.98 Å². The molecule has 2 aromatic rings. The number of rotatable bonds is 4. The number of nitrogens with two attached hydrogens (primary N) is 1. The molecule has 6 heteroatoms. The van der Waals surface area contributed by atoms with Crippen molar-refractivity contribution < 1.29 is 9.18 Å². The average molecular weight is 347 g/mol. The normalized spacial score (nSPS) is 19.3. The summed E-state index contributed by atoms with van der Waals surface area (Å²) in [6.07, 6.45) is 4.35. The molecule has 1 aromatic heterocycles. The highest BCUT2D eigenvalue weighted by Crippen LogP contribution is 2.23. The molecule has 0 radical (unpaired) electrons. The number of aromatic nitrogens is 1. The molecule has 24 heavy (non-hydrogen) atoms. The quantitative estimate of drug-likeness (QED) is 0.925. The maximum Gasteiger partial charge on any atom is 0.265 e. The van der Waals surface area contributed by atoms with Gasteiger partial charge in [0.2, 0.25) is 0 Å². The van der Waals surface area contributed by atoms with Crippen LogP contribution in [-0.4, -0.2) is 34.9 Å². The predicted octanol–water partition coefficient (Wildman–Crippen LogP) is 3.07. The number of piperidine rings is 1. The fraction of sp³-hybridized carbons (Fsp3) is 0.444. The van der Waals surface area contributed by atoms with E-state index in [1.165, 1.54) is 23.5 Å². The van der Waals surface area contributed by atoms with E-state index >= 15 is 0 Å². The van der Waals surface area contributed by atoms with Gasteiger partial charge < -0.3 is 10.6 Å². The van der Waals surface area contributed by atoms with Crippen LogP contribution in [0.25, 0.3) is 0 Å². The van der Waals surface area contributed by atoms with E-state index in [9.17, 15) is 9.18 Å². The van der Waals surface area contributed by atoms with E-state index in [0.717, 1.165) is 36.5 Å².